The number of hydrogen-bond acceptors (Lipinski definition) is 12. The Morgan fingerprint density at radius 3 is 2.30 bits per heavy atom. The zero-order valence-corrected chi connectivity index (χ0v) is 25.3. The molecule has 12 heteroatoms. The van der Waals surface area contributed by atoms with Crippen molar-refractivity contribution in [3.05, 3.63) is 36.3 Å². The lowest BCUT2D eigenvalue weighted by Gasteiger charge is -2.61. The quantitative estimate of drug-likeness (QED) is 0.298. The highest BCUT2D eigenvalue weighted by Gasteiger charge is 2.80. The first-order valence-corrected chi connectivity index (χ1v) is 14.2. The highest BCUT2D eigenvalue weighted by atomic mass is 16.6. The van der Waals surface area contributed by atoms with Crippen LogP contribution in [0.3, 0.4) is 0 Å². The van der Waals surface area contributed by atoms with E-state index in [9.17, 15) is 24.3 Å². The van der Waals surface area contributed by atoms with E-state index in [1.165, 1.54) is 33.5 Å². The summed E-state index contributed by atoms with van der Waals surface area (Å²) in [7, 11) is 1.22. The average Bonchev–Trinajstić information content (AvgIpc) is 3.49. The number of fused-ring (bicyclic) bond motifs is 2. The molecule has 234 valence electrons. The predicted octanol–water partition coefficient (Wildman–Crippen LogP) is 2.62. The Morgan fingerprint density at radius 1 is 1.09 bits per heavy atom. The Hall–Kier alpha value is -3.51. The average molecular weight is 603 g/mol. The van der Waals surface area contributed by atoms with Crippen molar-refractivity contribution in [3.8, 4) is 0 Å². The van der Waals surface area contributed by atoms with E-state index in [4.69, 9.17) is 28.1 Å². The van der Waals surface area contributed by atoms with E-state index in [-0.39, 0.29) is 12.0 Å². The molecule has 1 spiro atoms. The summed E-state index contributed by atoms with van der Waals surface area (Å²) in [5.74, 6) is -5.36. The van der Waals surface area contributed by atoms with Gasteiger partial charge in [-0.3, -0.25) is 24.0 Å². The minimum Gasteiger partial charge on any atom is -0.472 e. The van der Waals surface area contributed by atoms with Gasteiger partial charge in [-0.05, 0) is 24.5 Å². The molecule has 2 aliphatic heterocycles. The second kappa shape index (κ2) is 10.0. The number of furan rings is 1. The Balaban J connectivity index is 1.79. The zero-order chi connectivity index (χ0) is 31.9. The van der Waals surface area contributed by atoms with Crippen molar-refractivity contribution in [3.63, 3.8) is 0 Å². The van der Waals surface area contributed by atoms with Gasteiger partial charge in [0.15, 0.2) is 11.9 Å². The third-order valence-electron chi connectivity index (χ3n) is 10.6. The van der Waals surface area contributed by atoms with E-state index in [2.05, 4.69) is 6.58 Å². The predicted molar refractivity (Wildman–Crippen MR) is 145 cm³/mol. The minimum absolute atomic E-state index is 0.175. The van der Waals surface area contributed by atoms with Crippen molar-refractivity contribution in [2.24, 2.45) is 28.1 Å². The molecule has 3 heterocycles. The summed E-state index contributed by atoms with van der Waals surface area (Å²) < 4.78 is 34.6. The van der Waals surface area contributed by atoms with Crippen LogP contribution in [0.5, 0.6) is 0 Å². The molecule has 0 unspecified atom stereocenters. The fourth-order valence-corrected chi connectivity index (χ4v) is 8.51. The Labute approximate surface area is 249 Å². The number of ether oxygens (including phenoxy) is 5. The number of cyclic esters (lactones) is 1. The molecule has 2 aliphatic carbocycles. The third-order valence-corrected chi connectivity index (χ3v) is 10.6. The maximum atomic E-state index is 15.0. The molecular formula is C31H38O12. The normalized spacial score (nSPS) is 41.3. The van der Waals surface area contributed by atoms with Gasteiger partial charge >= 0.3 is 23.9 Å². The van der Waals surface area contributed by atoms with Crippen LogP contribution in [0.25, 0.3) is 0 Å². The Morgan fingerprint density at radius 2 is 1.74 bits per heavy atom. The zero-order valence-electron chi connectivity index (χ0n) is 25.3. The van der Waals surface area contributed by atoms with E-state index >= 15 is 4.79 Å². The van der Waals surface area contributed by atoms with Gasteiger partial charge in [0.1, 0.15) is 23.9 Å². The number of rotatable bonds is 5. The largest absolute Gasteiger partial charge is 0.472 e. The van der Waals surface area contributed by atoms with E-state index in [1.807, 2.05) is 0 Å². The number of aliphatic hydroxyl groups excluding tert-OH is 1. The molecule has 2 saturated carbocycles. The smallest absolute Gasteiger partial charge is 0.309 e. The highest BCUT2D eigenvalue weighted by molar-refractivity contribution is 5.94. The number of carbonyl (C=O) groups is 5. The molecule has 4 aliphatic rings. The third kappa shape index (κ3) is 4.05. The molecule has 1 aromatic heterocycles. The molecule has 12 nitrogen and oxygen atoms in total. The number of carbonyl (C=O) groups excluding carboxylic acids is 5. The van der Waals surface area contributed by atoms with Gasteiger partial charge in [0.2, 0.25) is 0 Å². The van der Waals surface area contributed by atoms with Crippen LogP contribution in [0.1, 0.15) is 66.1 Å². The fraction of sp³-hybridized carbons (Fsp3) is 0.645. The maximum absolute atomic E-state index is 15.0. The van der Waals surface area contributed by atoms with Gasteiger partial charge in [0.05, 0.1) is 55.3 Å². The molecule has 43 heavy (non-hydrogen) atoms. The van der Waals surface area contributed by atoms with Gasteiger partial charge < -0.3 is 33.2 Å². The molecule has 2 saturated heterocycles. The van der Waals surface area contributed by atoms with Gasteiger partial charge in [0.25, 0.3) is 0 Å². The maximum Gasteiger partial charge on any atom is 0.309 e. The lowest BCUT2D eigenvalue weighted by molar-refractivity contribution is -0.298. The van der Waals surface area contributed by atoms with Gasteiger partial charge in [-0.15, -0.1) is 0 Å². The second-order valence-electron chi connectivity index (χ2n) is 13.1. The molecule has 4 fully saturated rings. The number of methoxy groups -OCH3 is 1. The van der Waals surface area contributed by atoms with Crippen LogP contribution in [0, 0.1) is 28.1 Å². The van der Waals surface area contributed by atoms with Gasteiger partial charge in [-0.2, -0.15) is 0 Å². The van der Waals surface area contributed by atoms with Crippen LogP contribution in [-0.2, 0) is 47.7 Å². The lowest BCUT2D eigenvalue weighted by Crippen LogP contribution is -2.72. The Bertz CT molecular complexity index is 1380. The summed E-state index contributed by atoms with van der Waals surface area (Å²) in [6.45, 7) is 13.3. The van der Waals surface area contributed by atoms with Crippen LogP contribution in [0.4, 0.5) is 0 Å². The van der Waals surface area contributed by atoms with Crippen molar-refractivity contribution in [2.75, 3.05) is 7.11 Å². The van der Waals surface area contributed by atoms with Crippen LogP contribution in [0.2, 0.25) is 0 Å². The van der Waals surface area contributed by atoms with Crippen LogP contribution in [0.15, 0.2) is 35.2 Å². The minimum atomic E-state index is -1.69. The van der Waals surface area contributed by atoms with E-state index in [0.29, 0.717) is 5.56 Å². The first-order chi connectivity index (χ1) is 20.0. The van der Waals surface area contributed by atoms with Gasteiger partial charge in [-0.1, -0.05) is 27.4 Å². The summed E-state index contributed by atoms with van der Waals surface area (Å²) in [5, 5.41) is 12.1. The summed E-state index contributed by atoms with van der Waals surface area (Å²) in [6, 6.07) is 1.59. The number of esters is 4. The number of aliphatic hydroxyl groups is 1. The molecule has 2 bridgehead atoms. The van der Waals surface area contributed by atoms with Crippen molar-refractivity contribution >= 4 is 29.7 Å². The van der Waals surface area contributed by atoms with E-state index < -0.39 is 100 Å². The first-order valence-electron chi connectivity index (χ1n) is 14.2. The van der Waals surface area contributed by atoms with Crippen molar-refractivity contribution in [1.82, 2.24) is 0 Å². The van der Waals surface area contributed by atoms with E-state index in [0.717, 1.165) is 0 Å². The number of hydrogen-bond donors (Lipinski definition) is 1. The topological polar surface area (TPSA) is 165 Å². The monoisotopic (exact) mass is 602 g/mol. The molecule has 0 radical (unpaired) electrons. The molecule has 1 N–H and O–H groups in total. The van der Waals surface area contributed by atoms with Crippen molar-refractivity contribution < 1.29 is 57.2 Å². The highest BCUT2D eigenvalue weighted by Crippen LogP contribution is 2.70. The molecule has 5 rings (SSSR count). The van der Waals surface area contributed by atoms with Crippen LogP contribution < -0.4 is 0 Å². The van der Waals surface area contributed by atoms with E-state index in [1.54, 1.807) is 33.8 Å². The molecule has 1 aromatic rings. The SMILES string of the molecule is C=C1[C@H]2C(=O)[C@@]3(C)[C@@H](O[C@@]14CC(=O)O[C@@H](c1ccoc1)[C@]4(C)[C@H]2O)[C@@H](OC(C)=O)[C@@H](OC(C)=O)C(C)(C)[C@@H]3CC(=O)OC. The second-order valence-corrected chi connectivity index (χ2v) is 13.1. The van der Waals surface area contributed by atoms with Gasteiger partial charge in [0, 0.05) is 24.8 Å². The van der Waals surface area contributed by atoms with Crippen LogP contribution in [-0.4, -0.2) is 71.9 Å². The Kier molecular flexibility index (Phi) is 7.21. The van der Waals surface area contributed by atoms with Crippen molar-refractivity contribution in [1.29, 1.82) is 0 Å². The first kappa shape index (κ1) is 30.9. The molecule has 0 amide bonds. The number of Topliss-reactive ketones (excluding diaryl/α,β-unsaturated/α-hetero) is 1. The van der Waals surface area contributed by atoms with Crippen LogP contribution >= 0.6 is 0 Å². The lowest BCUT2D eigenvalue weighted by atomic mass is 9.49. The molecule has 0 aromatic carbocycles. The number of ketones is 1. The van der Waals surface area contributed by atoms with Crippen molar-refractivity contribution in [2.45, 2.75) is 90.5 Å². The van der Waals surface area contributed by atoms with Gasteiger partial charge in [-0.25, -0.2) is 0 Å². The summed E-state index contributed by atoms with van der Waals surface area (Å²) >= 11 is 0. The fourth-order valence-electron chi connectivity index (χ4n) is 8.51. The summed E-state index contributed by atoms with van der Waals surface area (Å²) in [6.07, 6.45) is -4.29. The summed E-state index contributed by atoms with van der Waals surface area (Å²) in [4.78, 5) is 66.2. The summed E-state index contributed by atoms with van der Waals surface area (Å²) in [5.41, 5.74) is -5.32. The molecular weight excluding hydrogens is 564 g/mol. The standard InChI is InChI=1S/C31H38O12/c1-14-21-23(36)29(6)18(11-19(34)38-8)28(4,5)26(41-16(3)33)22(40-15(2)32)27(29)43-31(14)12-20(35)42-25(17-9-10-39-13-17)30(31,7)24(21)37/h9-10,13,18,21-22,24-27,37H,1,11-12H2,2-8H3/t18-,21-,22-,24-,25-,26+,27-,29-,30-,31-/m0/s1. The molecule has 10 atom stereocenters.